The molecule has 1 unspecified atom stereocenters. The first-order valence-corrected chi connectivity index (χ1v) is 6.68. The van der Waals surface area contributed by atoms with Gasteiger partial charge in [0.25, 0.3) is 0 Å². The molecule has 0 aliphatic carbocycles. The van der Waals surface area contributed by atoms with Crippen LogP contribution in [0.25, 0.3) is 0 Å². The third-order valence-corrected chi connectivity index (χ3v) is 3.41. The molecule has 0 aromatic carbocycles. The highest BCUT2D eigenvalue weighted by atomic mass is 16.6. The summed E-state index contributed by atoms with van der Waals surface area (Å²) in [5, 5.41) is 22.7. The van der Waals surface area contributed by atoms with Crippen LogP contribution in [0.15, 0.2) is 12.3 Å². The van der Waals surface area contributed by atoms with E-state index in [-0.39, 0.29) is 17.1 Å². The molecule has 1 aromatic rings. The van der Waals surface area contributed by atoms with Crippen LogP contribution in [0.1, 0.15) is 30.6 Å². The van der Waals surface area contributed by atoms with Crippen molar-refractivity contribution in [3.8, 4) is 0 Å². The van der Waals surface area contributed by atoms with Crippen LogP contribution in [0.5, 0.6) is 0 Å². The van der Waals surface area contributed by atoms with Gasteiger partial charge in [0, 0.05) is 31.4 Å². The lowest BCUT2D eigenvalue weighted by Gasteiger charge is -2.23. The molecule has 116 valence electrons. The Morgan fingerprint density at radius 3 is 2.81 bits per heavy atom. The van der Waals surface area contributed by atoms with Crippen molar-refractivity contribution in [1.29, 1.82) is 0 Å². The molecule has 0 saturated heterocycles. The minimum Gasteiger partial charge on any atom is -0.478 e. The molecule has 8 nitrogen and oxygen atoms in total. The summed E-state index contributed by atoms with van der Waals surface area (Å²) in [6.45, 7) is 5.38. The van der Waals surface area contributed by atoms with Gasteiger partial charge in [0.1, 0.15) is 0 Å². The number of likely N-dealkylation sites (N-methyl/N-ethyl adjacent to an activating group) is 1. The van der Waals surface area contributed by atoms with Crippen LogP contribution in [0.4, 0.5) is 11.5 Å². The van der Waals surface area contributed by atoms with Gasteiger partial charge in [-0.2, -0.15) is 0 Å². The molecule has 0 aliphatic heterocycles. The van der Waals surface area contributed by atoms with Crippen LogP contribution < -0.4 is 5.32 Å². The summed E-state index contributed by atoms with van der Waals surface area (Å²) in [6, 6.07) is 1.43. The van der Waals surface area contributed by atoms with Crippen LogP contribution >= 0.6 is 0 Å². The number of rotatable bonds is 8. The molecule has 0 fully saturated rings. The summed E-state index contributed by atoms with van der Waals surface area (Å²) in [4.78, 5) is 27.1. The molecule has 0 amide bonds. The lowest BCUT2D eigenvalue weighted by atomic mass is 10.2. The number of carbonyl (C=O) groups is 1. The van der Waals surface area contributed by atoms with Gasteiger partial charge in [0.2, 0.25) is 5.82 Å². The normalized spacial score (nSPS) is 12.2. The highest BCUT2D eigenvalue weighted by molar-refractivity contribution is 5.88. The van der Waals surface area contributed by atoms with Gasteiger partial charge in [-0.1, -0.05) is 6.92 Å². The number of hydrogen-bond acceptors (Lipinski definition) is 6. The summed E-state index contributed by atoms with van der Waals surface area (Å²) < 4.78 is 0. The minimum absolute atomic E-state index is 0.0857. The Morgan fingerprint density at radius 1 is 1.62 bits per heavy atom. The predicted molar refractivity (Wildman–Crippen MR) is 78.7 cm³/mol. The maximum atomic E-state index is 11.0. The molecule has 0 saturated carbocycles. The first-order chi connectivity index (χ1) is 9.86. The van der Waals surface area contributed by atoms with Crippen LogP contribution in [-0.2, 0) is 0 Å². The summed E-state index contributed by atoms with van der Waals surface area (Å²) >= 11 is 0. The molecule has 1 rings (SSSR count). The van der Waals surface area contributed by atoms with Gasteiger partial charge in [-0.25, -0.2) is 9.78 Å². The van der Waals surface area contributed by atoms with Gasteiger partial charge in [-0.3, -0.25) is 10.1 Å². The zero-order valence-electron chi connectivity index (χ0n) is 12.4. The Balaban J connectivity index is 2.75. The van der Waals surface area contributed by atoms with E-state index in [0.717, 1.165) is 18.7 Å². The topological polar surface area (TPSA) is 109 Å². The fraction of sp³-hybridized carbons (Fsp3) is 0.538. The van der Waals surface area contributed by atoms with E-state index in [2.05, 4.69) is 29.0 Å². The molecule has 0 spiro atoms. The first kappa shape index (κ1) is 16.8. The van der Waals surface area contributed by atoms with Crippen LogP contribution in [-0.4, -0.2) is 52.1 Å². The highest BCUT2D eigenvalue weighted by Crippen LogP contribution is 2.22. The Hall–Kier alpha value is -2.22. The molecule has 2 N–H and O–H groups in total. The smallest absolute Gasteiger partial charge is 0.337 e. The summed E-state index contributed by atoms with van der Waals surface area (Å²) in [6.07, 6.45) is 2.12. The Morgan fingerprint density at radius 2 is 2.29 bits per heavy atom. The number of nitrogens with one attached hydrogen (secondary N) is 1. The van der Waals surface area contributed by atoms with Gasteiger partial charge in [0.05, 0.1) is 10.5 Å². The van der Waals surface area contributed by atoms with Gasteiger partial charge >= 0.3 is 11.7 Å². The van der Waals surface area contributed by atoms with E-state index in [4.69, 9.17) is 5.11 Å². The first-order valence-electron chi connectivity index (χ1n) is 6.68. The second kappa shape index (κ2) is 7.53. The molecule has 8 heteroatoms. The molecule has 0 bridgehead atoms. The number of nitrogens with zero attached hydrogens (tertiary/aromatic N) is 3. The Labute approximate surface area is 122 Å². The van der Waals surface area contributed by atoms with E-state index < -0.39 is 10.9 Å². The molecule has 0 aliphatic rings. The number of pyridine rings is 1. The van der Waals surface area contributed by atoms with E-state index >= 15 is 0 Å². The van der Waals surface area contributed by atoms with Crippen LogP contribution in [0, 0.1) is 10.1 Å². The maximum absolute atomic E-state index is 11.0. The number of nitro groups is 1. The lowest BCUT2D eigenvalue weighted by Crippen LogP contribution is -2.32. The third-order valence-electron chi connectivity index (χ3n) is 3.41. The second-order valence-corrected chi connectivity index (χ2v) is 4.82. The summed E-state index contributed by atoms with van der Waals surface area (Å²) in [5.74, 6) is -1.16. The quantitative estimate of drug-likeness (QED) is 0.556. The molecule has 0 radical (unpaired) electrons. The molecular formula is C13H20N4O4. The van der Waals surface area contributed by atoms with E-state index in [0.29, 0.717) is 19.1 Å². The van der Waals surface area contributed by atoms with E-state index in [1.807, 2.05) is 7.05 Å². The summed E-state index contributed by atoms with van der Waals surface area (Å²) in [7, 11) is 1.98. The third kappa shape index (κ3) is 4.67. The molecular weight excluding hydrogens is 276 g/mol. The average Bonchev–Trinajstić information content (AvgIpc) is 2.45. The second-order valence-electron chi connectivity index (χ2n) is 4.82. The maximum Gasteiger partial charge on any atom is 0.337 e. The van der Waals surface area contributed by atoms with Crippen molar-refractivity contribution in [3.05, 3.63) is 27.9 Å². The highest BCUT2D eigenvalue weighted by Gasteiger charge is 2.18. The Bertz CT molecular complexity index is 521. The van der Waals surface area contributed by atoms with Crippen molar-refractivity contribution in [2.75, 3.05) is 25.5 Å². The van der Waals surface area contributed by atoms with Crippen molar-refractivity contribution in [3.63, 3.8) is 0 Å². The van der Waals surface area contributed by atoms with Gasteiger partial charge in [-0.05, 0) is 20.4 Å². The molecule has 1 heterocycles. The number of carboxylic acid groups (broad SMARTS) is 1. The lowest BCUT2D eigenvalue weighted by molar-refractivity contribution is -0.384. The molecule has 1 aromatic heterocycles. The number of hydrogen-bond donors (Lipinski definition) is 2. The number of anilines is 1. The van der Waals surface area contributed by atoms with E-state index in [1.54, 1.807) is 0 Å². The van der Waals surface area contributed by atoms with Gasteiger partial charge < -0.3 is 15.3 Å². The molecule has 21 heavy (non-hydrogen) atoms. The van der Waals surface area contributed by atoms with E-state index in [9.17, 15) is 14.9 Å². The van der Waals surface area contributed by atoms with Gasteiger partial charge in [-0.15, -0.1) is 0 Å². The Kier molecular flexibility index (Phi) is 6.04. The van der Waals surface area contributed by atoms with Crippen molar-refractivity contribution in [1.82, 2.24) is 9.88 Å². The van der Waals surface area contributed by atoms with Crippen LogP contribution in [0.2, 0.25) is 0 Å². The summed E-state index contributed by atoms with van der Waals surface area (Å²) in [5.41, 5.74) is -0.537. The van der Waals surface area contributed by atoms with Crippen molar-refractivity contribution < 1.29 is 14.8 Å². The largest absolute Gasteiger partial charge is 0.478 e. The van der Waals surface area contributed by atoms with Gasteiger partial charge in [0.15, 0.2) is 0 Å². The van der Waals surface area contributed by atoms with Crippen molar-refractivity contribution in [2.45, 2.75) is 26.3 Å². The number of carboxylic acids is 1. The fourth-order valence-corrected chi connectivity index (χ4v) is 1.73. The predicted octanol–water partition coefficient (Wildman–Crippen LogP) is 1.83. The average molecular weight is 296 g/mol. The fourth-order valence-electron chi connectivity index (χ4n) is 1.73. The molecule has 1 atom stereocenters. The monoisotopic (exact) mass is 296 g/mol. The number of aromatic carboxylic acids is 1. The SMILES string of the molecule is CCC(C)N(C)CCNc1ncc(C(=O)O)cc1[N+](=O)[O-]. The van der Waals surface area contributed by atoms with E-state index in [1.165, 1.54) is 0 Å². The van der Waals surface area contributed by atoms with Crippen molar-refractivity contribution >= 4 is 17.5 Å². The standard InChI is InChI=1S/C13H20N4O4/c1-4-9(2)16(3)6-5-14-12-11(17(20)21)7-10(8-15-12)13(18)19/h7-9H,4-6H2,1-3H3,(H,14,15)(H,18,19). The minimum atomic E-state index is -1.24. The van der Waals surface area contributed by atoms with Crippen molar-refractivity contribution in [2.24, 2.45) is 0 Å². The zero-order chi connectivity index (χ0) is 16.0. The number of aromatic nitrogens is 1. The zero-order valence-corrected chi connectivity index (χ0v) is 12.4. The van der Waals surface area contributed by atoms with Crippen LogP contribution in [0.3, 0.4) is 0 Å².